The third kappa shape index (κ3) is 5.34. The fraction of sp³-hybridized carbons (Fsp3) is 0.400. The van der Waals surface area contributed by atoms with Crippen molar-refractivity contribution in [2.45, 2.75) is 31.6 Å². The minimum atomic E-state index is -1.16. The average molecular weight is 453 g/mol. The van der Waals surface area contributed by atoms with Gasteiger partial charge in [0.05, 0.1) is 0 Å². The number of rotatable bonds is 8. The molecule has 33 heavy (non-hydrogen) atoms. The molecular formula is C25H28N2O6. The van der Waals surface area contributed by atoms with Gasteiger partial charge < -0.3 is 15.2 Å². The van der Waals surface area contributed by atoms with E-state index in [-0.39, 0.29) is 30.3 Å². The first-order valence-electron chi connectivity index (χ1n) is 11.3. The van der Waals surface area contributed by atoms with Crippen molar-refractivity contribution in [2.24, 2.45) is 11.8 Å². The van der Waals surface area contributed by atoms with Crippen molar-refractivity contribution < 1.29 is 29.1 Å². The molecule has 0 aliphatic heterocycles. The van der Waals surface area contributed by atoms with Crippen LogP contribution in [0.3, 0.4) is 0 Å². The predicted molar refractivity (Wildman–Crippen MR) is 120 cm³/mol. The number of alkyl carbamates (subject to hydrolysis) is 1. The number of benzene rings is 2. The van der Waals surface area contributed by atoms with E-state index in [0.717, 1.165) is 30.4 Å². The molecule has 2 aromatic carbocycles. The predicted octanol–water partition coefficient (Wildman–Crippen LogP) is 3.46. The van der Waals surface area contributed by atoms with Crippen molar-refractivity contribution in [3.05, 3.63) is 59.7 Å². The lowest BCUT2D eigenvalue weighted by molar-refractivity contribution is -0.151. The van der Waals surface area contributed by atoms with Crippen molar-refractivity contribution in [2.75, 3.05) is 19.8 Å². The molecule has 0 spiro atoms. The lowest BCUT2D eigenvalue weighted by Gasteiger charge is -2.30. The fourth-order valence-electron chi connectivity index (χ4n) is 4.91. The first-order chi connectivity index (χ1) is 16.0. The third-order valence-electron chi connectivity index (χ3n) is 6.47. The number of hydroxylamine groups is 1. The molecule has 4 rings (SSSR count). The average Bonchev–Trinajstić information content (AvgIpc) is 3.15. The monoisotopic (exact) mass is 452 g/mol. The molecule has 8 nitrogen and oxygen atoms in total. The molecule has 2 aromatic rings. The van der Waals surface area contributed by atoms with Crippen LogP contribution >= 0.6 is 0 Å². The van der Waals surface area contributed by atoms with Crippen LogP contribution in [-0.4, -0.2) is 42.8 Å². The van der Waals surface area contributed by atoms with Gasteiger partial charge in [-0.25, -0.2) is 15.1 Å². The van der Waals surface area contributed by atoms with E-state index in [0.29, 0.717) is 13.0 Å². The lowest BCUT2D eigenvalue weighted by Crippen LogP contribution is -2.42. The van der Waals surface area contributed by atoms with E-state index in [9.17, 15) is 14.4 Å². The number of carboxylic acid groups (broad SMARTS) is 1. The van der Waals surface area contributed by atoms with Crippen LogP contribution in [0.5, 0.6) is 0 Å². The number of aliphatic carboxylic acids is 1. The highest BCUT2D eigenvalue weighted by atomic mass is 16.7. The smallest absolute Gasteiger partial charge is 0.407 e. The van der Waals surface area contributed by atoms with Gasteiger partial charge in [-0.3, -0.25) is 9.63 Å². The summed E-state index contributed by atoms with van der Waals surface area (Å²) in [4.78, 5) is 40.1. The first-order valence-corrected chi connectivity index (χ1v) is 11.3. The third-order valence-corrected chi connectivity index (χ3v) is 6.47. The van der Waals surface area contributed by atoms with Crippen LogP contribution in [0.25, 0.3) is 11.1 Å². The molecule has 0 aromatic heterocycles. The van der Waals surface area contributed by atoms with Crippen LogP contribution in [0.1, 0.15) is 42.7 Å². The Balaban J connectivity index is 1.30. The largest absolute Gasteiger partial charge is 0.479 e. The minimum Gasteiger partial charge on any atom is -0.479 e. The molecule has 8 heteroatoms. The minimum absolute atomic E-state index is 0.0114. The number of hydrogen-bond acceptors (Lipinski definition) is 5. The van der Waals surface area contributed by atoms with Crippen LogP contribution in [0, 0.1) is 11.8 Å². The Morgan fingerprint density at radius 2 is 1.58 bits per heavy atom. The Hall–Kier alpha value is -3.39. The molecule has 0 unspecified atom stereocenters. The molecule has 1 fully saturated rings. The Bertz CT molecular complexity index is 978. The number of hydrogen-bond donors (Lipinski definition) is 3. The van der Waals surface area contributed by atoms with Gasteiger partial charge in [0.15, 0.2) is 6.61 Å². The summed E-state index contributed by atoms with van der Waals surface area (Å²) in [5, 5.41) is 11.4. The highest BCUT2D eigenvalue weighted by molar-refractivity contribution is 5.79. The summed E-state index contributed by atoms with van der Waals surface area (Å²) in [5.41, 5.74) is 6.86. The maximum atomic E-state index is 12.5. The molecule has 0 radical (unpaired) electrons. The summed E-state index contributed by atoms with van der Waals surface area (Å²) in [6.07, 6.45) is 2.82. The molecule has 2 amide bonds. The Morgan fingerprint density at radius 3 is 2.24 bits per heavy atom. The van der Waals surface area contributed by atoms with Crippen LogP contribution in [-0.2, 0) is 19.2 Å². The van der Waals surface area contributed by atoms with E-state index in [1.165, 1.54) is 11.1 Å². The zero-order valence-electron chi connectivity index (χ0n) is 18.3. The van der Waals surface area contributed by atoms with Crippen LogP contribution in [0.2, 0.25) is 0 Å². The number of carboxylic acids is 1. The lowest BCUT2D eigenvalue weighted by atomic mass is 9.79. The summed E-state index contributed by atoms with van der Waals surface area (Å²) >= 11 is 0. The van der Waals surface area contributed by atoms with Crippen molar-refractivity contribution in [3.8, 4) is 11.1 Å². The number of fused-ring (bicyclic) bond motifs is 3. The normalized spacial score (nSPS) is 19.3. The molecular weight excluding hydrogens is 424 g/mol. The summed E-state index contributed by atoms with van der Waals surface area (Å²) < 4.78 is 5.58. The van der Waals surface area contributed by atoms with Gasteiger partial charge in [-0.1, -0.05) is 61.4 Å². The van der Waals surface area contributed by atoms with Crippen LogP contribution in [0.15, 0.2) is 48.5 Å². The molecule has 0 saturated heterocycles. The Labute approximate surface area is 192 Å². The van der Waals surface area contributed by atoms with E-state index in [2.05, 4.69) is 35.1 Å². The summed E-state index contributed by atoms with van der Waals surface area (Å²) in [5.74, 6) is -1.93. The Morgan fingerprint density at radius 1 is 0.939 bits per heavy atom. The second-order valence-corrected chi connectivity index (χ2v) is 8.51. The van der Waals surface area contributed by atoms with Crippen LogP contribution in [0.4, 0.5) is 4.79 Å². The van der Waals surface area contributed by atoms with Gasteiger partial charge in [0.2, 0.25) is 5.91 Å². The molecule has 2 aliphatic rings. The second kappa shape index (κ2) is 10.5. The van der Waals surface area contributed by atoms with E-state index in [1.54, 1.807) is 0 Å². The molecule has 2 atom stereocenters. The van der Waals surface area contributed by atoms with Crippen molar-refractivity contribution in [1.29, 1.82) is 0 Å². The number of amides is 2. The van der Waals surface area contributed by atoms with E-state index >= 15 is 0 Å². The zero-order chi connectivity index (χ0) is 23.2. The summed E-state index contributed by atoms with van der Waals surface area (Å²) in [7, 11) is 0. The second-order valence-electron chi connectivity index (χ2n) is 8.51. The number of carbonyl (C=O) groups excluding carboxylic acids is 2. The summed E-state index contributed by atoms with van der Waals surface area (Å²) in [6.45, 7) is -0.0493. The van der Waals surface area contributed by atoms with Crippen molar-refractivity contribution >= 4 is 18.0 Å². The van der Waals surface area contributed by atoms with E-state index in [4.69, 9.17) is 14.7 Å². The first kappa shape index (κ1) is 22.8. The van der Waals surface area contributed by atoms with E-state index < -0.39 is 18.7 Å². The highest BCUT2D eigenvalue weighted by Gasteiger charge is 2.32. The van der Waals surface area contributed by atoms with Gasteiger partial charge in [-0.05, 0) is 41.0 Å². The maximum absolute atomic E-state index is 12.5. The standard InChI is InChI=1S/C25H28N2O6/c28-23(29)15-33-27-24(30)17-8-2-1-7-16(17)13-26-25(31)32-14-22-20-11-5-3-9-18(20)19-10-4-6-12-21(19)22/h3-6,9-12,16-17,22H,1-2,7-8,13-15H2,(H,26,31)(H,27,30)(H,28,29)/t16-,17-/m1/s1. The number of nitrogens with one attached hydrogen (secondary N) is 2. The SMILES string of the molecule is O=C(O)CONC(=O)[C@@H]1CCCC[C@@H]1CNC(=O)OCC1c2ccccc2-c2ccccc21. The quantitative estimate of drug-likeness (QED) is 0.529. The van der Waals surface area contributed by atoms with Gasteiger partial charge in [0.25, 0.3) is 0 Å². The van der Waals surface area contributed by atoms with Gasteiger partial charge in [0.1, 0.15) is 6.61 Å². The maximum Gasteiger partial charge on any atom is 0.407 e. The number of ether oxygens (including phenoxy) is 1. The van der Waals surface area contributed by atoms with Gasteiger partial charge in [-0.2, -0.15) is 0 Å². The Kier molecular flexibility index (Phi) is 7.24. The van der Waals surface area contributed by atoms with Gasteiger partial charge in [-0.15, -0.1) is 0 Å². The molecule has 0 bridgehead atoms. The molecule has 0 heterocycles. The fourth-order valence-corrected chi connectivity index (χ4v) is 4.91. The molecule has 2 aliphatic carbocycles. The topological polar surface area (TPSA) is 114 Å². The molecule has 1 saturated carbocycles. The summed E-state index contributed by atoms with van der Waals surface area (Å²) in [6, 6.07) is 16.3. The van der Waals surface area contributed by atoms with Gasteiger partial charge >= 0.3 is 12.1 Å². The zero-order valence-corrected chi connectivity index (χ0v) is 18.3. The number of carbonyl (C=O) groups is 3. The van der Waals surface area contributed by atoms with Crippen LogP contribution < -0.4 is 10.8 Å². The van der Waals surface area contributed by atoms with E-state index in [1.807, 2.05) is 24.3 Å². The van der Waals surface area contributed by atoms with Crippen molar-refractivity contribution in [3.63, 3.8) is 0 Å². The van der Waals surface area contributed by atoms with Gasteiger partial charge in [0, 0.05) is 18.4 Å². The highest BCUT2D eigenvalue weighted by Crippen LogP contribution is 2.44. The van der Waals surface area contributed by atoms with Crippen molar-refractivity contribution in [1.82, 2.24) is 10.8 Å². The molecule has 3 N–H and O–H groups in total. The molecule has 174 valence electrons.